The van der Waals surface area contributed by atoms with Gasteiger partial charge in [-0.05, 0) is 12.0 Å². The van der Waals surface area contributed by atoms with Crippen LogP contribution in [0.5, 0.6) is 0 Å². The molecule has 3 rings (SSSR count). The van der Waals surface area contributed by atoms with Crippen molar-refractivity contribution in [1.29, 1.82) is 0 Å². The van der Waals surface area contributed by atoms with E-state index in [1.807, 2.05) is 5.38 Å². The number of thioether (sulfide) groups is 1. The number of hydrogen-bond donors (Lipinski definition) is 1. The molecule has 1 saturated heterocycles. The molecule has 0 saturated carbocycles. The van der Waals surface area contributed by atoms with Crippen molar-refractivity contribution in [3.8, 4) is 10.6 Å². The molecule has 0 aliphatic carbocycles. The van der Waals surface area contributed by atoms with Crippen molar-refractivity contribution in [2.24, 2.45) is 0 Å². The summed E-state index contributed by atoms with van der Waals surface area (Å²) in [5.41, 5.74) is 3.10. The van der Waals surface area contributed by atoms with Gasteiger partial charge in [0, 0.05) is 29.0 Å². The Morgan fingerprint density at radius 1 is 1.31 bits per heavy atom. The van der Waals surface area contributed by atoms with Gasteiger partial charge in [-0.25, -0.2) is 4.98 Å². The van der Waals surface area contributed by atoms with E-state index in [0.29, 0.717) is 12.3 Å². The van der Waals surface area contributed by atoms with E-state index < -0.39 is 5.97 Å². The van der Waals surface area contributed by atoms with E-state index in [9.17, 15) is 9.59 Å². The Morgan fingerprint density at radius 2 is 2.08 bits per heavy atom. The number of amides is 1. The molecule has 1 fully saturated rings. The Labute approximate surface area is 161 Å². The molecular formula is C19H22N2O3S2. The van der Waals surface area contributed by atoms with Gasteiger partial charge in [-0.2, -0.15) is 11.8 Å². The van der Waals surface area contributed by atoms with E-state index >= 15 is 0 Å². The molecular weight excluding hydrogens is 368 g/mol. The fraction of sp³-hybridized carbons (Fsp3) is 0.421. The average Bonchev–Trinajstić information content (AvgIpc) is 3.10. The minimum absolute atomic E-state index is 0.00479. The van der Waals surface area contributed by atoms with Gasteiger partial charge in [0.05, 0.1) is 24.6 Å². The predicted molar refractivity (Wildman–Crippen MR) is 106 cm³/mol. The third-order valence-corrected chi connectivity index (χ3v) is 6.48. The van der Waals surface area contributed by atoms with Crippen LogP contribution in [0.15, 0.2) is 29.6 Å². The van der Waals surface area contributed by atoms with E-state index in [1.165, 1.54) is 16.9 Å². The van der Waals surface area contributed by atoms with E-state index in [4.69, 9.17) is 5.11 Å². The Bertz CT molecular complexity index is 773. The van der Waals surface area contributed by atoms with Crippen LogP contribution in [-0.4, -0.2) is 51.0 Å². The highest BCUT2D eigenvalue weighted by Gasteiger charge is 2.29. The van der Waals surface area contributed by atoms with E-state index in [1.54, 1.807) is 16.7 Å². The molecule has 1 unspecified atom stereocenters. The van der Waals surface area contributed by atoms with Gasteiger partial charge in [-0.15, -0.1) is 11.3 Å². The first kappa shape index (κ1) is 18.9. The van der Waals surface area contributed by atoms with Crippen molar-refractivity contribution in [3.63, 3.8) is 0 Å². The van der Waals surface area contributed by atoms with Crippen molar-refractivity contribution in [1.82, 2.24) is 9.88 Å². The maximum Gasteiger partial charge on any atom is 0.305 e. The lowest BCUT2D eigenvalue weighted by Gasteiger charge is -2.34. The van der Waals surface area contributed by atoms with Crippen LogP contribution in [-0.2, 0) is 22.4 Å². The largest absolute Gasteiger partial charge is 0.481 e. The maximum atomic E-state index is 12.7. The minimum Gasteiger partial charge on any atom is -0.481 e. The number of carbonyl (C=O) groups is 2. The zero-order chi connectivity index (χ0) is 18.5. The summed E-state index contributed by atoms with van der Waals surface area (Å²) >= 11 is 3.24. The number of thiazole rings is 1. The molecule has 0 bridgehead atoms. The number of nitrogens with zero attached hydrogens (tertiary/aromatic N) is 2. The monoisotopic (exact) mass is 390 g/mol. The van der Waals surface area contributed by atoms with Gasteiger partial charge in [0.15, 0.2) is 0 Å². The van der Waals surface area contributed by atoms with Gasteiger partial charge in [0.1, 0.15) is 5.01 Å². The van der Waals surface area contributed by atoms with E-state index in [0.717, 1.165) is 28.4 Å². The molecule has 0 radical (unpaired) electrons. The van der Waals surface area contributed by atoms with Crippen LogP contribution >= 0.6 is 23.1 Å². The number of benzene rings is 1. The first-order chi connectivity index (χ1) is 12.6. The highest BCUT2D eigenvalue weighted by molar-refractivity contribution is 7.99. The highest BCUT2D eigenvalue weighted by Crippen LogP contribution is 2.25. The molecule has 5 nitrogen and oxygen atoms in total. The maximum absolute atomic E-state index is 12.7. The summed E-state index contributed by atoms with van der Waals surface area (Å²) in [6.45, 7) is 2.73. The van der Waals surface area contributed by atoms with Gasteiger partial charge in [0.25, 0.3) is 0 Å². The molecule has 0 spiro atoms. The van der Waals surface area contributed by atoms with Gasteiger partial charge in [0.2, 0.25) is 5.91 Å². The highest BCUT2D eigenvalue weighted by atomic mass is 32.2. The summed E-state index contributed by atoms with van der Waals surface area (Å²) in [4.78, 5) is 30.0. The molecule has 1 amide bonds. The summed E-state index contributed by atoms with van der Waals surface area (Å²) in [5.74, 6) is 0.648. The fourth-order valence-corrected chi connectivity index (χ4v) is 4.90. The number of carboxylic acids is 1. The lowest BCUT2D eigenvalue weighted by Crippen LogP contribution is -2.47. The van der Waals surface area contributed by atoms with Crippen LogP contribution in [0.1, 0.15) is 24.6 Å². The molecule has 138 valence electrons. The van der Waals surface area contributed by atoms with Crippen LogP contribution in [0.3, 0.4) is 0 Å². The van der Waals surface area contributed by atoms with Crippen molar-refractivity contribution < 1.29 is 14.7 Å². The zero-order valence-electron chi connectivity index (χ0n) is 14.7. The van der Waals surface area contributed by atoms with E-state index in [2.05, 4.69) is 36.2 Å². The van der Waals surface area contributed by atoms with Crippen LogP contribution in [0.2, 0.25) is 0 Å². The molecule has 1 atom stereocenters. The van der Waals surface area contributed by atoms with Crippen LogP contribution < -0.4 is 0 Å². The summed E-state index contributed by atoms with van der Waals surface area (Å²) in [6.07, 6.45) is 1.23. The average molecular weight is 391 g/mol. The predicted octanol–water partition coefficient (Wildman–Crippen LogP) is 3.33. The molecule has 1 aromatic heterocycles. The number of aliphatic carboxylic acids is 1. The number of hydrogen-bond acceptors (Lipinski definition) is 5. The first-order valence-corrected chi connectivity index (χ1v) is 10.7. The molecule has 2 heterocycles. The molecule has 26 heavy (non-hydrogen) atoms. The fourth-order valence-electron chi connectivity index (χ4n) is 3.01. The number of aryl methyl sites for hydroxylation is 1. The number of aromatic nitrogens is 1. The quantitative estimate of drug-likeness (QED) is 0.819. The van der Waals surface area contributed by atoms with Crippen molar-refractivity contribution in [3.05, 3.63) is 40.9 Å². The number of rotatable bonds is 6. The van der Waals surface area contributed by atoms with Crippen LogP contribution in [0, 0.1) is 0 Å². The smallest absolute Gasteiger partial charge is 0.305 e. The Morgan fingerprint density at radius 3 is 2.77 bits per heavy atom. The van der Waals surface area contributed by atoms with Gasteiger partial charge < -0.3 is 10.0 Å². The Hall–Kier alpha value is -1.86. The zero-order valence-corrected chi connectivity index (χ0v) is 16.3. The Kier molecular flexibility index (Phi) is 6.32. The first-order valence-electron chi connectivity index (χ1n) is 8.69. The van der Waals surface area contributed by atoms with Gasteiger partial charge >= 0.3 is 5.97 Å². The molecule has 1 N–H and O–H groups in total. The van der Waals surface area contributed by atoms with Gasteiger partial charge in [-0.1, -0.05) is 31.2 Å². The second-order valence-corrected chi connectivity index (χ2v) is 8.29. The lowest BCUT2D eigenvalue weighted by atomic mass is 10.1. The topological polar surface area (TPSA) is 70.5 Å². The van der Waals surface area contributed by atoms with Crippen LogP contribution in [0.25, 0.3) is 10.6 Å². The molecule has 1 aliphatic heterocycles. The van der Waals surface area contributed by atoms with E-state index in [-0.39, 0.29) is 24.8 Å². The summed E-state index contributed by atoms with van der Waals surface area (Å²) in [5, 5.41) is 11.9. The molecule has 7 heteroatoms. The second kappa shape index (κ2) is 8.68. The van der Waals surface area contributed by atoms with Crippen molar-refractivity contribution in [2.45, 2.75) is 32.2 Å². The Balaban J connectivity index is 1.67. The van der Waals surface area contributed by atoms with Crippen molar-refractivity contribution in [2.75, 3.05) is 18.1 Å². The standard InChI is InChI=1S/C19H22N2O3S2/c1-2-13-3-5-14(6-4-13)19-20-15(11-26-19)9-17(22)21-7-8-25-12-16(21)10-18(23)24/h3-6,11,16H,2,7-10,12H2,1H3,(H,23,24). The number of carbonyl (C=O) groups excluding carboxylic acids is 1. The SMILES string of the molecule is CCc1ccc(-c2nc(CC(=O)N3CCSCC3CC(=O)O)cs2)cc1. The third kappa shape index (κ3) is 4.65. The number of carboxylic acid groups (broad SMARTS) is 1. The lowest BCUT2D eigenvalue weighted by molar-refractivity contribution is -0.140. The second-order valence-electron chi connectivity index (χ2n) is 6.28. The van der Waals surface area contributed by atoms with Gasteiger partial charge in [-0.3, -0.25) is 9.59 Å². The van der Waals surface area contributed by atoms with Crippen LogP contribution in [0.4, 0.5) is 0 Å². The van der Waals surface area contributed by atoms with Crippen molar-refractivity contribution >= 4 is 35.0 Å². The summed E-state index contributed by atoms with van der Waals surface area (Å²) in [7, 11) is 0. The summed E-state index contributed by atoms with van der Waals surface area (Å²) in [6, 6.07) is 8.10. The minimum atomic E-state index is -0.859. The molecule has 2 aromatic rings. The molecule has 1 aliphatic rings. The third-order valence-electron chi connectivity index (χ3n) is 4.45. The normalized spacial score (nSPS) is 17.3. The summed E-state index contributed by atoms with van der Waals surface area (Å²) < 4.78 is 0. The molecule has 1 aromatic carbocycles.